The Kier molecular flexibility index (Phi) is 7.70. The Morgan fingerprint density at radius 3 is 2.13 bits per heavy atom. The standard InChI is InChI=1S/C21H25N9O14P2/c22-21-27-16-10(18(34)28-21)26-6-30(16)20-12(32)14-8(42-20)3-40-46(37,38)43-13-7(1-2-39-45(35,36)44-14)41-19(11(13)31)29-5-25-9-15(29)23-4-24-17(9)33/h4-8,11-14,19-20,31-32H,1-3H2,(H,35,36)(H,37,38)(H,23,24,33)(H3,22,27,28,34)/t7-,8-,11+,12+,13?,14?,19-,20-/m1/s1. The molecule has 0 aliphatic carbocycles. The summed E-state index contributed by atoms with van der Waals surface area (Å²) in [6.07, 6.45) is -9.17. The number of ether oxygens (including phenoxy) is 2. The van der Waals surface area contributed by atoms with Gasteiger partial charge in [0.25, 0.3) is 11.1 Å². The van der Waals surface area contributed by atoms with Gasteiger partial charge in [0.2, 0.25) is 5.95 Å². The number of aliphatic hydroxyl groups excluding tert-OH is 2. The van der Waals surface area contributed by atoms with Gasteiger partial charge in [-0.25, -0.2) is 24.1 Å². The molecule has 46 heavy (non-hydrogen) atoms. The highest BCUT2D eigenvalue weighted by Crippen LogP contribution is 2.53. The average Bonchev–Trinajstić information content (AvgIpc) is 3.74. The van der Waals surface area contributed by atoms with Crippen LogP contribution in [0, 0.1) is 0 Å². The van der Waals surface area contributed by atoms with Crippen LogP contribution in [-0.2, 0) is 36.7 Å². The summed E-state index contributed by atoms with van der Waals surface area (Å²) >= 11 is 0. The van der Waals surface area contributed by atoms with Gasteiger partial charge in [-0.3, -0.25) is 41.8 Å². The Hall–Kier alpha value is -3.44. The normalized spacial score (nSPS) is 37.4. The molecule has 7 heterocycles. The molecule has 0 bridgehead atoms. The van der Waals surface area contributed by atoms with Crippen LogP contribution >= 0.6 is 15.6 Å². The van der Waals surface area contributed by atoms with Crippen molar-refractivity contribution in [2.24, 2.45) is 0 Å². The second-order valence-electron chi connectivity index (χ2n) is 10.4. The van der Waals surface area contributed by atoms with Crippen LogP contribution in [0.5, 0.6) is 0 Å². The van der Waals surface area contributed by atoms with Crippen molar-refractivity contribution in [2.45, 2.75) is 55.5 Å². The van der Waals surface area contributed by atoms with Crippen molar-refractivity contribution >= 4 is 43.9 Å². The van der Waals surface area contributed by atoms with Crippen LogP contribution < -0.4 is 16.9 Å². The van der Waals surface area contributed by atoms with Crippen LogP contribution in [-0.4, -0.2) is 109 Å². The molecule has 8 N–H and O–H groups in total. The summed E-state index contributed by atoms with van der Waals surface area (Å²) in [5.74, 6) is -0.273. The zero-order valence-electron chi connectivity index (χ0n) is 23.0. The number of nitrogens with one attached hydrogen (secondary N) is 2. The maximum absolute atomic E-state index is 13.1. The molecular weight excluding hydrogens is 664 g/mol. The minimum absolute atomic E-state index is 0.0280. The molecule has 3 fully saturated rings. The van der Waals surface area contributed by atoms with Crippen molar-refractivity contribution in [1.29, 1.82) is 0 Å². The van der Waals surface area contributed by atoms with E-state index < -0.39 is 89.1 Å². The molecule has 3 aliphatic rings. The van der Waals surface area contributed by atoms with Crippen molar-refractivity contribution in [2.75, 3.05) is 18.9 Å². The summed E-state index contributed by atoms with van der Waals surface area (Å²) < 4.78 is 60.9. The van der Waals surface area contributed by atoms with Gasteiger partial charge in [0.05, 0.1) is 38.3 Å². The molecule has 248 valence electrons. The smallest absolute Gasteiger partial charge is 0.386 e. The monoisotopic (exact) mass is 689 g/mol. The maximum Gasteiger partial charge on any atom is 0.472 e. The highest BCUT2D eigenvalue weighted by atomic mass is 31.2. The molecule has 0 saturated carbocycles. The van der Waals surface area contributed by atoms with E-state index in [1.807, 2.05) is 0 Å². The fourth-order valence-electron chi connectivity index (χ4n) is 5.52. The van der Waals surface area contributed by atoms with Gasteiger partial charge in [0.1, 0.15) is 30.5 Å². The lowest BCUT2D eigenvalue weighted by atomic mass is 10.1. The number of aromatic amines is 2. The molecule has 4 unspecified atom stereocenters. The molecule has 7 rings (SSSR count). The number of nitrogen functional groups attached to an aromatic ring is 1. The first-order chi connectivity index (χ1) is 21.8. The first-order valence-electron chi connectivity index (χ1n) is 13.4. The fourth-order valence-corrected chi connectivity index (χ4v) is 7.45. The van der Waals surface area contributed by atoms with E-state index in [9.17, 15) is 38.7 Å². The van der Waals surface area contributed by atoms with Crippen LogP contribution in [0.4, 0.5) is 5.95 Å². The lowest BCUT2D eigenvalue weighted by Crippen LogP contribution is -2.36. The van der Waals surface area contributed by atoms with Gasteiger partial charge >= 0.3 is 15.6 Å². The number of aromatic nitrogens is 8. The predicted molar refractivity (Wildman–Crippen MR) is 146 cm³/mol. The first kappa shape index (κ1) is 31.2. The minimum atomic E-state index is -5.07. The highest BCUT2D eigenvalue weighted by molar-refractivity contribution is 7.47. The van der Waals surface area contributed by atoms with E-state index in [0.29, 0.717) is 0 Å². The molecule has 25 heteroatoms. The number of rotatable bonds is 2. The lowest BCUT2D eigenvalue weighted by molar-refractivity contribution is -0.0548. The number of imidazole rings is 2. The number of anilines is 1. The molecule has 3 saturated heterocycles. The molecule has 0 aromatic carbocycles. The van der Waals surface area contributed by atoms with Crippen molar-refractivity contribution in [1.82, 2.24) is 39.0 Å². The molecule has 3 aliphatic heterocycles. The molecular formula is C21H25N9O14P2. The van der Waals surface area contributed by atoms with Crippen molar-refractivity contribution in [3.8, 4) is 0 Å². The summed E-state index contributed by atoms with van der Waals surface area (Å²) in [7, 11) is -10.0. The molecule has 0 spiro atoms. The average molecular weight is 689 g/mol. The van der Waals surface area contributed by atoms with Crippen LogP contribution in [0.15, 0.2) is 28.6 Å². The van der Waals surface area contributed by atoms with Crippen LogP contribution in [0.3, 0.4) is 0 Å². The summed E-state index contributed by atoms with van der Waals surface area (Å²) in [4.78, 5) is 66.1. The number of aliphatic hydroxyl groups is 2. The maximum atomic E-state index is 13.1. The SMILES string of the molecule is Nc1nc2c(ncn2[C@@H]2O[C@@H]3COP(=O)(O)OC4[C@@H](CCOP(=O)(O)OC3[C@@H]2O)O[C@@H](n2cnc3c(=O)[nH]cnc32)[C@H]4O)c(=O)[nH]1. The Balaban J connectivity index is 1.17. The number of fused-ring (bicyclic) bond motifs is 4. The second-order valence-corrected chi connectivity index (χ2v) is 13.2. The van der Waals surface area contributed by atoms with E-state index in [0.717, 1.165) is 17.2 Å². The Bertz CT molecular complexity index is 2010. The third-order valence-electron chi connectivity index (χ3n) is 7.55. The van der Waals surface area contributed by atoms with E-state index in [-0.39, 0.29) is 34.7 Å². The third-order valence-corrected chi connectivity index (χ3v) is 9.56. The van der Waals surface area contributed by atoms with Crippen LogP contribution in [0.2, 0.25) is 0 Å². The van der Waals surface area contributed by atoms with E-state index in [2.05, 4.69) is 29.9 Å². The second kappa shape index (κ2) is 11.4. The number of H-pyrrole nitrogens is 2. The highest BCUT2D eigenvalue weighted by Gasteiger charge is 2.53. The topological polar surface area (TPSA) is 324 Å². The van der Waals surface area contributed by atoms with E-state index >= 15 is 0 Å². The summed E-state index contributed by atoms with van der Waals surface area (Å²) in [5, 5.41) is 22.3. The number of hydrogen-bond donors (Lipinski definition) is 7. The van der Waals surface area contributed by atoms with E-state index in [1.165, 1.54) is 10.9 Å². The molecule has 0 radical (unpaired) electrons. The van der Waals surface area contributed by atoms with Gasteiger partial charge in [-0.05, 0) is 0 Å². The predicted octanol–water partition coefficient (Wildman–Crippen LogP) is -2.24. The van der Waals surface area contributed by atoms with Crippen molar-refractivity contribution < 1.29 is 56.7 Å². The zero-order valence-corrected chi connectivity index (χ0v) is 24.8. The largest absolute Gasteiger partial charge is 0.472 e. The quantitative estimate of drug-likeness (QED) is 0.109. The van der Waals surface area contributed by atoms with Gasteiger partial charge in [0, 0.05) is 6.42 Å². The van der Waals surface area contributed by atoms with Gasteiger partial charge in [0.15, 0.2) is 34.8 Å². The number of hydrogen-bond acceptors (Lipinski definition) is 17. The van der Waals surface area contributed by atoms with Gasteiger partial charge in [-0.1, -0.05) is 0 Å². The van der Waals surface area contributed by atoms with Crippen LogP contribution in [0.25, 0.3) is 22.3 Å². The molecule has 23 nitrogen and oxygen atoms in total. The molecule has 10 atom stereocenters. The first-order valence-corrected chi connectivity index (χ1v) is 16.4. The molecule has 4 aromatic rings. The van der Waals surface area contributed by atoms with Crippen molar-refractivity contribution in [3.05, 3.63) is 39.7 Å². The third kappa shape index (κ3) is 5.49. The van der Waals surface area contributed by atoms with Crippen molar-refractivity contribution in [3.63, 3.8) is 0 Å². The lowest BCUT2D eigenvalue weighted by Gasteiger charge is -2.24. The molecule has 0 amide bonds. The number of phosphoric ester groups is 2. The van der Waals surface area contributed by atoms with E-state index in [4.69, 9.17) is 33.3 Å². The summed E-state index contributed by atoms with van der Waals surface area (Å²) in [6, 6.07) is 0. The summed E-state index contributed by atoms with van der Waals surface area (Å²) in [6.45, 7) is -1.42. The van der Waals surface area contributed by atoms with Gasteiger partial charge in [-0.2, -0.15) is 4.98 Å². The number of nitrogens with zero attached hydrogens (tertiary/aromatic N) is 6. The van der Waals surface area contributed by atoms with Gasteiger partial charge in [-0.15, -0.1) is 0 Å². The zero-order chi connectivity index (χ0) is 32.5. The molecule has 4 aromatic heterocycles. The van der Waals surface area contributed by atoms with E-state index in [1.54, 1.807) is 0 Å². The number of nitrogens with two attached hydrogens (primary N) is 1. The van der Waals surface area contributed by atoms with Gasteiger partial charge < -0.3 is 40.2 Å². The minimum Gasteiger partial charge on any atom is -0.386 e. The Morgan fingerprint density at radius 1 is 0.848 bits per heavy atom. The number of phosphoric acid groups is 2. The fraction of sp³-hybridized carbons (Fsp3) is 0.524. The Morgan fingerprint density at radius 2 is 1.43 bits per heavy atom. The van der Waals surface area contributed by atoms with Crippen LogP contribution in [0.1, 0.15) is 18.9 Å². The Labute approximate surface area is 254 Å². The summed E-state index contributed by atoms with van der Waals surface area (Å²) in [5.41, 5.74) is 4.07.